The van der Waals surface area contributed by atoms with Gasteiger partial charge in [-0.05, 0) is 31.7 Å². The van der Waals surface area contributed by atoms with Crippen molar-refractivity contribution in [1.29, 1.82) is 0 Å². The molecule has 3 heteroatoms. The van der Waals surface area contributed by atoms with Crippen molar-refractivity contribution in [1.82, 2.24) is 15.1 Å². The minimum atomic E-state index is 0.764. The highest BCUT2D eigenvalue weighted by molar-refractivity contribution is 5.09. The van der Waals surface area contributed by atoms with E-state index in [0.717, 1.165) is 24.2 Å². The molecule has 0 amide bonds. The Balaban J connectivity index is 1.77. The van der Waals surface area contributed by atoms with Gasteiger partial charge in [0.1, 0.15) is 0 Å². The predicted octanol–water partition coefficient (Wildman–Crippen LogP) is 2.01. The van der Waals surface area contributed by atoms with Crippen LogP contribution in [0.15, 0.2) is 6.07 Å². The molecule has 1 heterocycles. The Kier molecular flexibility index (Phi) is 3.10. The largest absolute Gasteiger partial charge is 0.308 e. The number of nitrogens with zero attached hydrogens (tertiary/aromatic N) is 2. The third kappa shape index (κ3) is 2.59. The Morgan fingerprint density at radius 1 is 1.60 bits per heavy atom. The van der Waals surface area contributed by atoms with Crippen LogP contribution in [0.3, 0.4) is 0 Å². The van der Waals surface area contributed by atoms with Crippen molar-refractivity contribution in [2.24, 2.45) is 13.0 Å². The SMILES string of the molecule is CCCC1CC1NCc1cc(C)nn1C. The van der Waals surface area contributed by atoms with Crippen molar-refractivity contribution >= 4 is 0 Å². The van der Waals surface area contributed by atoms with Gasteiger partial charge in [-0.15, -0.1) is 0 Å². The first-order chi connectivity index (χ1) is 7.20. The Bertz CT molecular complexity index is 330. The van der Waals surface area contributed by atoms with E-state index in [4.69, 9.17) is 0 Å². The van der Waals surface area contributed by atoms with Crippen LogP contribution in [-0.2, 0) is 13.6 Å². The topological polar surface area (TPSA) is 29.9 Å². The van der Waals surface area contributed by atoms with Crippen molar-refractivity contribution in [3.05, 3.63) is 17.5 Å². The van der Waals surface area contributed by atoms with Crippen LogP contribution in [0, 0.1) is 12.8 Å². The lowest BCUT2D eigenvalue weighted by atomic mass is 10.2. The van der Waals surface area contributed by atoms with Gasteiger partial charge in [0.25, 0.3) is 0 Å². The Hall–Kier alpha value is -0.830. The van der Waals surface area contributed by atoms with Crippen molar-refractivity contribution in [3.63, 3.8) is 0 Å². The second-order valence-corrected chi connectivity index (χ2v) is 4.67. The number of rotatable bonds is 5. The van der Waals surface area contributed by atoms with Crippen molar-refractivity contribution in [2.75, 3.05) is 0 Å². The maximum absolute atomic E-state index is 4.34. The average Bonchev–Trinajstić information content (AvgIpc) is 2.83. The van der Waals surface area contributed by atoms with E-state index in [2.05, 4.69) is 23.4 Å². The molecule has 1 fully saturated rings. The van der Waals surface area contributed by atoms with Gasteiger partial charge >= 0.3 is 0 Å². The highest BCUT2D eigenvalue weighted by Crippen LogP contribution is 2.34. The van der Waals surface area contributed by atoms with Crippen LogP contribution in [0.2, 0.25) is 0 Å². The van der Waals surface area contributed by atoms with E-state index < -0.39 is 0 Å². The second-order valence-electron chi connectivity index (χ2n) is 4.67. The molecule has 1 aliphatic carbocycles. The van der Waals surface area contributed by atoms with Crippen LogP contribution >= 0.6 is 0 Å². The molecule has 15 heavy (non-hydrogen) atoms. The molecule has 2 rings (SSSR count). The minimum Gasteiger partial charge on any atom is -0.308 e. The summed E-state index contributed by atoms with van der Waals surface area (Å²) in [4.78, 5) is 0. The summed E-state index contributed by atoms with van der Waals surface area (Å²) in [5.41, 5.74) is 2.39. The van der Waals surface area contributed by atoms with Crippen molar-refractivity contribution in [2.45, 2.75) is 45.7 Å². The molecular weight excluding hydrogens is 186 g/mol. The van der Waals surface area contributed by atoms with Gasteiger partial charge in [-0.1, -0.05) is 13.3 Å². The summed E-state index contributed by atoms with van der Waals surface area (Å²) in [7, 11) is 2.01. The van der Waals surface area contributed by atoms with Crippen LogP contribution in [0.1, 0.15) is 37.6 Å². The molecule has 2 atom stereocenters. The van der Waals surface area contributed by atoms with Crippen LogP contribution in [0.25, 0.3) is 0 Å². The Labute approximate surface area is 91.9 Å². The molecule has 0 spiro atoms. The monoisotopic (exact) mass is 207 g/mol. The summed E-state index contributed by atoms with van der Waals surface area (Å²) >= 11 is 0. The highest BCUT2D eigenvalue weighted by Gasteiger charge is 2.35. The smallest absolute Gasteiger partial charge is 0.0597 e. The second kappa shape index (κ2) is 4.35. The van der Waals surface area contributed by atoms with E-state index in [1.54, 1.807) is 0 Å². The van der Waals surface area contributed by atoms with Crippen LogP contribution in [0.4, 0.5) is 0 Å². The van der Waals surface area contributed by atoms with Crippen LogP contribution < -0.4 is 5.32 Å². The van der Waals surface area contributed by atoms with Gasteiger partial charge in [0.2, 0.25) is 0 Å². The number of hydrogen-bond donors (Lipinski definition) is 1. The van der Waals surface area contributed by atoms with E-state index in [-0.39, 0.29) is 0 Å². The first kappa shape index (κ1) is 10.7. The van der Waals surface area contributed by atoms with Gasteiger partial charge < -0.3 is 5.32 Å². The van der Waals surface area contributed by atoms with Gasteiger partial charge in [0.15, 0.2) is 0 Å². The fourth-order valence-electron chi connectivity index (χ4n) is 2.25. The van der Waals surface area contributed by atoms with Crippen molar-refractivity contribution < 1.29 is 0 Å². The maximum atomic E-state index is 4.34. The number of nitrogens with one attached hydrogen (secondary N) is 1. The molecule has 84 valence electrons. The number of hydrogen-bond acceptors (Lipinski definition) is 2. The standard InChI is InChI=1S/C12H21N3/c1-4-5-10-7-12(10)13-8-11-6-9(2)14-15(11)3/h6,10,12-13H,4-5,7-8H2,1-3H3. The van der Waals surface area contributed by atoms with Gasteiger partial charge in [-0.25, -0.2) is 0 Å². The lowest BCUT2D eigenvalue weighted by molar-refractivity contribution is 0.575. The highest BCUT2D eigenvalue weighted by atomic mass is 15.3. The van der Waals surface area contributed by atoms with E-state index in [9.17, 15) is 0 Å². The molecule has 0 aromatic carbocycles. The van der Waals surface area contributed by atoms with E-state index in [0.29, 0.717) is 0 Å². The summed E-state index contributed by atoms with van der Waals surface area (Å²) in [6, 6.07) is 2.92. The molecule has 3 nitrogen and oxygen atoms in total. The zero-order valence-electron chi connectivity index (χ0n) is 9.95. The van der Waals surface area contributed by atoms with E-state index in [1.807, 2.05) is 18.7 Å². The van der Waals surface area contributed by atoms with E-state index in [1.165, 1.54) is 25.0 Å². The summed E-state index contributed by atoms with van der Waals surface area (Å²) in [5.74, 6) is 0.935. The normalized spacial score (nSPS) is 24.5. The minimum absolute atomic E-state index is 0.764. The van der Waals surface area contributed by atoms with Gasteiger partial charge in [0.05, 0.1) is 11.4 Å². The zero-order chi connectivity index (χ0) is 10.8. The average molecular weight is 207 g/mol. The molecule has 0 saturated heterocycles. The molecule has 1 saturated carbocycles. The quantitative estimate of drug-likeness (QED) is 0.800. The Morgan fingerprint density at radius 2 is 2.40 bits per heavy atom. The van der Waals surface area contributed by atoms with Crippen LogP contribution in [0.5, 0.6) is 0 Å². The molecule has 0 aliphatic heterocycles. The molecular formula is C12H21N3. The van der Waals surface area contributed by atoms with Gasteiger partial charge in [-0.2, -0.15) is 5.10 Å². The molecule has 1 aliphatic rings. The maximum Gasteiger partial charge on any atom is 0.0597 e. The molecule has 1 aromatic rings. The van der Waals surface area contributed by atoms with Gasteiger partial charge in [0, 0.05) is 19.6 Å². The summed E-state index contributed by atoms with van der Waals surface area (Å²) < 4.78 is 1.97. The fraction of sp³-hybridized carbons (Fsp3) is 0.750. The molecule has 1 aromatic heterocycles. The number of aryl methyl sites for hydroxylation is 2. The first-order valence-corrected chi connectivity index (χ1v) is 5.93. The van der Waals surface area contributed by atoms with Crippen LogP contribution in [-0.4, -0.2) is 15.8 Å². The predicted molar refractivity (Wildman–Crippen MR) is 61.6 cm³/mol. The van der Waals surface area contributed by atoms with Gasteiger partial charge in [-0.3, -0.25) is 4.68 Å². The molecule has 0 radical (unpaired) electrons. The van der Waals surface area contributed by atoms with E-state index >= 15 is 0 Å². The number of aromatic nitrogens is 2. The summed E-state index contributed by atoms with van der Waals surface area (Å²) in [5, 5.41) is 7.94. The molecule has 0 bridgehead atoms. The summed E-state index contributed by atoms with van der Waals surface area (Å²) in [6.07, 6.45) is 4.06. The molecule has 1 N–H and O–H groups in total. The first-order valence-electron chi connectivity index (χ1n) is 5.93. The Morgan fingerprint density at radius 3 is 3.00 bits per heavy atom. The lowest BCUT2D eigenvalue weighted by Crippen LogP contribution is -2.19. The third-order valence-corrected chi connectivity index (χ3v) is 3.23. The fourth-order valence-corrected chi connectivity index (χ4v) is 2.25. The summed E-state index contributed by atoms with van der Waals surface area (Å²) in [6.45, 7) is 5.27. The van der Waals surface area contributed by atoms with Crippen molar-refractivity contribution in [3.8, 4) is 0 Å². The molecule has 2 unspecified atom stereocenters. The lowest BCUT2D eigenvalue weighted by Gasteiger charge is -2.04. The zero-order valence-corrected chi connectivity index (χ0v) is 9.95. The third-order valence-electron chi connectivity index (χ3n) is 3.23.